The van der Waals surface area contributed by atoms with E-state index in [0.717, 1.165) is 24.3 Å². The molecule has 0 radical (unpaired) electrons. The van der Waals surface area contributed by atoms with Crippen LogP contribution in [0.3, 0.4) is 0 Å². The highest BCUT2D eigenvalue weighted by Gasteiger charge is 2.74. The second-order valence-electron chi connectivity index (χ2n) is 6.90. The number of carbonyl (C=O) groups is 1. The Labute approximate surface area is 144 Å². The summed E-state index contributed by atoms with van der Waals surface area (Å²) in [5.74, 6) is -7.49. The highest BCUT2D eigenvalue weighted by molar-refractivity contribution is 6.02. The molecule has 2 saturated carbocycles. The average molecular weight is 370 g/mol. The van der Waals surface area contributed by atoms with Gasteiger partial charge in [-0.2, -0.15) is 0 Å². The van der Waals surface area contributed by atoms with Gasteiger partial charge in [0.25, 0.3) is 0 Å². The van der Waals surface area contributed by atoms with Crippen LogP contribution in [0.2, 0.25) is 0 Å². The van der Waals surface area contributed by atoms with Crippen LogP contribution in [0.25, 0.3) is 0 Å². The molecule has 4 atom stereocenters. The third-order valence-corrected chi connectivity index (χ3v) is 5.22. The summed E-state index contributed by atoms with van der Waals surface area (Å²) in [5, 5.41) is 0. The highest BCUT2D eigenvalue weighted by Crippen LogP contribution is 2.65. The van der Waals surface area contributed by atoms with Crippen molar-refractivity contribution in [2.75, 3.05) is 0 Å². The van der Waals surface area contributed by atoms with E-state index >= 15 is 0 Å². The van der Waals surface area contributed by atoms with Gasteiger partial charge >= 0.3 is 0 Å². The van der Waals surface area contributed by atoms with Crippen molar-refractivity contribution in [3.63, 3.8) is 0 Å². The van der Waals surface area contributed by atoms with E-state index in [1.165, 1.54) is 0 Å². The van der Waals surface area contributed by atoms with E-state index in [1.807, 2.05) is 0 Å². The van der Waals surface area contributed by atoms with E-state index in [-0.39, 0.29) is 11.1 Å². The van der Waals surface area contributed by atoms with Crippen LogP contribution in [-0.4, -0.2) is 17.1 Å². The van der Waals surface area contributed by atoms with Gasteiger partial charge in [0.1, 0.15) is 23.3 Å². The second kappa shape index (κ2) is 5.34. The minimum Gasteiger partial charge on any atom is -0.292 e. The average Bonchev–Trinajstić information content (AvgIpc) is 3.44. The molecule has 0 saturated heterocycles. The van der Waals surface area contributed by atoms with Crippen molar-refractivity contribution < 1.29 is 31.1 Å². The number of carbonyl (C=O) groups excluding carboxylic acids is 1. The molecule has 0 aliphatic heterocycles. The number of alkyl halides is 2. The molecule has 2 aromatic carbocycles. The topological polar surface area (TPSA) is 17.1 Å². The first-order valence-electron chi connectivity index (χ1n) is 7.99. The summed E-state index contributed by atoms with van der Waals surface area (Å²) in [6, 6.07) is 5.05. The number of ketones is 1. The lowest BCUT2D eigenvalue weighted by atomic mass is 9.98. The molecule has 2 fully saturated rings. The van der Waals surface area contributed by atoms with Crippen molar-refractivity contribution >= 4 is 5.78 Å². The minimum atomic E-state index is -2.61. The van der Waals surface area contributed by atoms with Gasteiger partial charge in [0.05, 0.1) is 0 Å². The van der Waals surface area contributed by atoms with Crippen molar-refractivity contribution in [3.8, 4) is 0 Å². The predicted molar refractivity (Wildman–Crippen MR) is 80.1 cm³/mol. The summed E-state index contributed by atoms with van der Waals surface area (Å²) in [6.45, 7) is 0. The van der Waals surface area contributed by atoms with Crippen molar-refractivity contribution in [1.29, 1.82) is 0 Å². The quantitative estimate of drug-likeness (QED) is 0.700. The Kier molecular flexibility index (Phi) is 3.52. The van der Waals surface area contributed by atoms with Gasteiger partial charge in [-0.25, -0.2) is 26.3 Å². The fourth-order valence-corrected chi connectivity index (χ4v) is 3.60. The molecule has 0 spiro atoms. The van der Waals surface area contributed by atoms with Gasteiger partial charge in [0.2, 0.25) is 5.78 Å². The molecule has 7 heteroatoms. The standard InChI is InChI=1S/C19H12F6O/c20-9-1-3-11(15(22)5-9)13-7-18(13,24)17(26)19(25)8-14(19)12-4-2-10(21)6-16(12)23/h1-6,13-14H,7-8H2. The molecule has 0 heterocycles. The number of hydrogen-bond acceptors (Lipinski definition) is 1. The highest BCUT2D eigenvalue weighted by atomic mass is 19.2. The van der Waals surface area contributed by atoms with Crippen molar-refractivity contribution in [3.05, 3.63) is 70.8 Å². The summed E-state index contributed by atoms with van der Waals surface area (Å²) >= 11 is 0. The maximum Gasteiger partial charge on any atom is 0.208 e. The smallest absolute Gasteiger partial charge is 0.208 e. The van der Waals surface area contributed by atoms with Gasteiger partial charge in [-0.15, -0.1) is 0 Å². The van der Waals surface area contributed by atoms with E-state index < -0.39 is 65.1 Å². The van der Waals surface area contributed by atoms with Gasteiger partial charge < -0.3 is 0 Å². The fourth-order valence-electron chi connectivity index (χ4n) is 3.60. The van der Waals surface area contributed by atoms with Crippen LogP contribution in [0.1, 0.15) is 35.8 Å². The molecular formula is C19H12F6O. The lowest BCUT2D eigenvalue weighted by Gasteiger charge is -2.13. The number of hydrogen-bond donors (Lipinski definition) is 0. The molecule has 0 amide bonds. The zero-order valence-electron chi connectivity index (χ0n) is 13.2. The first kappa shape index (κ1) is 17.1. The van der Waals surface area contributed by atoms with Crippen molar-refractivity contribution in [2.45, 2.75) is 36.0 Å². The van der Waals surface area contributed by atoms with E-state index in [4.69, 9.17) is 0 Å². The summed E-state index contributed by atoms with van der Waals surface area (Å²) in [5.41, 5.74) is -5.62. The third kappa shape index (κ3) is 2.44. The van der Waals surface area contributed by atoms with Gasteiger partial charge in [0.15, 0.2) is 11.3 Å². The molecule has 0 N–H and O–H groups in total. The predicted octanol–water partition coefficient (Wildman–Crippen LogP) is 4.90. The number of benzene rings is 2. The SMILES string of the molecule is O=C(C1(F)CC1c1ccc(F)cc1F)C1(F)CC1c1ccc(F)cc1F. The lowest BCUT2D eigenvalue weighted by Crippen LogP contribution is -2.32. The molecule has 4 rings (SSSR count). The number of halogens is 6. The third-order valence-electron chi connectivity index (χ3n) is 5.22. The van der Waals surface area contributed by atoms with Crippen LogP contribution in [0, 0.1) is 23.3 Å². The molecule has 2 aromatic rings. The number of Topliss-reactive ketones (excluding diaryl/α,β-unsaturated/α-hetero) is 1. The van der Waals surface area contributed by atoms with Gasteiger partial charge in [0, 0.05) is 24.0 Å². The fraction of sp³-hybridized carbons (Fsp3) is 0.316. The van der Waals surface area contributed by atoms with Crippen LogP contribution in [-0.2, 0) is 4.79 Å². The normalized spacial score (nSPS) is 32.4. The van der Waals surface area contributed by atoms with Crippen molar-refractivity contribution in [2.24, 2.45) is 0 Å². The van der Waals surface area contributed by atoms with Crippen LogP contribution in [0.5, 0.6) is 0 Å². The van der Waals surface area contributed by atoms with E-state index in [2.05, 4.69) is 0 Å². The van der Waals surface area contributed by atoms with Crippen LogP contribution in [0.15, 0.2) is 36.4 Å². The Bertz CT molecular complexity index is 855. The molecule has 136 valence electrons. The lowest BCUT2D eigenvalue weighted by molar-refractivity contribution is -0.132. The number of rotatable bonds is 4. The van der Waals surface area contributed by atoms with Gasteiger partial charge in [-0.05, 0) is 36.1 Å². The monoisotopic (exact) mass is 370 g/mol. The van der Waals surface area contributed by atoms with Crippen molar-refractivity contribution in [1.82, 2.24) is 0 Å². The molecule has 4 unspecified atom stereocenters. The summed E-state index contributed by atoms with van der Waals surface area (Å²) < 4.78 is 83.3. The van der Waals surface area contributed by atoms with Gasteiger partial charge in [-0.3, -0.25) is 4.79 Å². The molecular weight excluding hydrogens is 358 g/mol. The second-order valence-corrected chi connectivity index (χ2v) is 6.90. The Morgan fingerprint density at radius 2 is 1.15 bits per heavy atom. The van der Waals surface area contributed by atoms with Gasteiger partial charge in [-0.1, -0.05) is 12.1 Å². The molecule has 2 aliphatic carbocycles. The van der Waals surface area contributed by atoms with E-state index in [1.54, 1.807) is 0 Å². The summed E-state index contributed by atoms with van der Waals surface area (Å²) in [6.07, 6.45) is -0.836. The van der Waals surface area contributed by atoms with E-state index in [9.17, 15) is 31.1 Å². The largest absolute Gasteiger partial charge is 0.292 e. The Morgan fingerprint density at radius 3 is 1.50 bits per heavy atom. The Morgan fingerprint density at radius 1 is 0.769 bits per heavy atom. The molecule has 26 heavy (non-hydrogen) atoms. The molecule has 0 bridgehead atoms. The Hall–Kier alpha value is -2.31. The first-order chi connectivity index (χ1) is 12.2. The Balaban J connectivity index is 1.57. The van der Waals surface area contributed by atoms with Crippen LogP contribution >= 0.6 is 0 Å². The van der Waals surface area contributed by atoms with Crippen LogP contribution in [0.4, 0.5) is 26.3 Å². The summed E-state index contributed by atoms with van der Waals surface area (Å²) in [4.78, 5) is 12.4. The van der Waals surface area contributed by atoms with E-state index in [0.29, 0.717) is 12.1 Å². The summed E-state index contributed by atoms with van der Waals surface area (Å²) in [7, 11) is 0. The molecule has 0 aromatic heterocycles. The zero-order valence-corrected chi connectivity index (χ0v) is 13.2. The van der Waals surface area contributed by atoms with Crippen LogP contribution < -0.4 is 0 Å². The first-order valence-corrected chi connectivity index (χ1v) is 7.99. The maximum absolute atomic E-state index is 14.9. The zero-order chi connectivity index (χ0) is 18.9. The molecule has 2 aliphatic rings. The maximum atomic E-state index is 14.9. The minimum absolute atomic E-state index is 0.198. The molecule has 1 nitrogen and oxygen atoms in total.